The zero-order valence-corrected chi connectivity index (χ0v) is 21.8. The maximum atomic E-state index is 13.1. The number of carbonyl (C=O) groups excluding carboxylic acids is 1. The summed E-state index contributed by atoms with van der Waals surface area (Å²) in [6.45, 7) is 0. The second-order valence-electron chi connectivity index (χ2n) is 9.09. The number of amides is 1. The largest absolute Gasteiger partial charge is 0.333 e. The molecule has 0 atom stereocenters. The van der Waals surface area contributed by atoms with E-state index in [-0.39, 0.29) is 5.91 Å². The molecular weight excluding hydrogens is 509 g/mol. The lowest BCUT2D eigenvalue weighted by atomic mass is 9.97. The molecule has 0 unspecified atom stereocenters. The van der Waals surface area contributed by atoms with Gasteiger partial charge in [-0.3, -0.25) is 4.79 Å². The minimum absolute atomic E-state index is 0.286. The van der Waals surface area contributed by atoms with Crippen LogP contribution in [0.1, 0.15) is 55.5 Å². The summed E-state index contributed by atoms with van der Waals surface area (Å²) < 4.78 is 1.52. The van der Waals surface area contributed by atoms with E-state index in [1.807, 2.05) is 12.1 Å². The number of rotatable bonds is 4. The number of aryl methyl sites for hydroxylation is 2. The molecule has 4 aromatic rings. The Morgan fingerprint density at radius 1 is 1.03 bits per heavy atom. The number of carbonyl (C=O) groups is 1. The zero-order chi connectivity index (χ0) is 25.6. The first-order valence-electron chi connectivity index (χ1n) is 12.5. The van der Waals surface area contributed by atoms with Gasteiger partial charge in [-0.25, -0.2) is 4.98 Å². The number of nitrogens with one attached hydrogen (secondary N) is 2. The minimum Gasteiger partial charge on any atom is -0.333 e. The van der Waals surface area contributed by atoms with Gasteiger partial charge < -0.3 is 10.3 Å². The Morgan fingerprint density at radius 2 is 1.84 bits per heavy atom. The van der Waals surface area contributed by atoms with Crippen LogP contribution in [0.15, 0.2) is 48.8 Å². The SMILES string of the molecule is O=C(C=Cc1cc(Cl)ccc1-n1cnnn1)Nc1cccc2c1-c1nc([nH]c1Cl)CCCCCCCC2. The molecule has 0 radical (unpaired) electrons. The van der Waals surface area contributed by atoms with Crippen molar-refractivity contribution in [1.29, 1.82) is 0 Å². The third-order valence-corrected chi connectivity index (χ3v) is 6.97. The van der Waals surface area contributed by atoms with Crippen molar-refractivity contribution in [2.75, 3.05) is 5.32 Å². The van der Waals surface area contributed by atoms with Gasteiger partial charge in [0.25, 0.3) is 0 Å². The van der Waals surface area contributed by atoms with E-state index in [1.54, 1.807) is 24.3 Å². The number of hydrogen-bond acceptors (Lipinski definition) is 5. The number of tetrazole rings is 1. The van der Waals surface area contributed by atoms with Crippen LogP contribution in [0.4, 0.5) is 5.69 Å². The molecule has 2 bridgehead atoms. The van der Waals surface area contributed by atoms with Crippen LogP contribution in [0.25, 0.3) is 23.0 Å². The highest BCUT2D eigenvalue weighted by atomic mass is 35.5. The lowest BCUT2D eigenvalue weighted by Crippen LogP contribution is -2.10. The fraction of sp³-hybridized carbons (Fsp3) is 0.296. The fourth-order valence-corrected chi connectivity index (χ4v) is 5.09. The third-order valence-electron chi connectivity index (χ3n) is 6.46. The standard InChI is InChI=1S/C27H27Cl2N7O/c28-20-13-14-22(36-17-30-34-35-36)19(16-20)12-15-24(37)31-21-10-7-9-18-8-5-3-1-2-4-6-11-23-32-26(25(18)21)27(29)33-23/h7,9-10,12-17H,1-6,8,11H2,(H,31,37)(H,32,33). The van der Waals surface area contributed by atoms with Crippen molar-refractivity contribution < 1.29 is 4.79 Å². The highest BCUT2D eigenvalue weighted by molar-refractivity contribution is 6.32. The number of aromatic nitrogens is 6. The summed E-state index contributed by atoms with van der Waals surface area (Å²) >= 11 is 12.8. The maximum absolute atomic E-state index is 13.1. The summed E-state index contributed by atoms with van der Waals surface area (Å²) in [4.78, 5) is 21.2. The lowest BCUT2D eigenvalue weighted by Gasteiger charge is -2.14. The molecule has 8 nitrogen and oxygen atoms in total. The third kappa shape index (κ3) is 6.09. The van der Waals surface area contributed by atoms with E-state index < -0.39 is 0 Å². The van der Waals surface area contributed by atoms with Crippen LogP contribution in [0.5, 0.6) is 0 Å². The average molecular weight is 536 g/mol. The summed E-state index contributed by atoms with van der Waals surface area (Å²) in [5.74, 6) is 0.591. The highest BCUT2D eigenvalue weighted by Crippen LogP contribution is 2.36. The quantitative estimate of drug-likeness (QED) is 0.292. The number of fused-ring (bicyclic) bond motifs is 4. The van der Waals surface area contributed by atoms with Crippen LogP contribution in [-0.4, -0.2) is 36.1 Å². The summed E-state index contributed by atoms with van der Waals surface area (Å²) in [5, 5.41) is 15.4. The normalized spacial score (nSPS) is 14.4. The summed E-state index contributed by atoms with van der Waals surface area (Å²) in [6.07, 6.45) is 13.4. The van der Waals surface area contributed by atoms with Crippen molar-refractivity contribution in [3.8, 4) is 16.9 Å². The van der Waals surface area contributed by atoms with Gasteiger partial charge >= 0.3 is 0 Å². The lowest BCUT2D eigenvalue weighted by molar-refractivity contribution is -0.111. The van der Waals surface area contributed by atoms with Gasteiger partial charge in [0.15, 0.2) is 0 Å². The van der Waals surface area contributed by atoms with Crippen molar-refractivity contribution >= 4 is 40.9 Å². The second kappa shape index (κ2) is 11.7. The molecule has 5 rings (SSSR count). The molecule has 0 saturated heterocycles. The van der Waals surface area contributed by atoms with Crippen LogP contribution in [0.2, 0.25) is 10.2 Å². The Balaban J connectivity index is 1.45. The Morgan fingerprint density at radius 3 is 2.65 bits per heavy atom. The van der Waals surface area contributed by atoms with Crippen molar-refractivity contribution in [3.05, 3.63) is 75.9 Å². The first kappa shape index (κ1) is 25.2. The molecule has 3 heterocycles. The molecule has 1 aliphatic heterocycles. The predicted molar refractivity (Wildman–Crippen MR) is 146 cm³/mol. The van der Waals surface area contributed by atoms with E-state index in [9.17, 15) is 4.79 Å². The van der Waals surface area contributed by atoms with Crippen LogP contribution in [0.3, 0.4) is 0 Å². The van der Waals surface area contributed by atoms with Gasteiger partial charge in [-0.05, 0) is 65.6 Å². The van der Waals surface area contributed by atoms with Gasteiger partial charge in [-0.15, -0.1) is 5.10 Å². The number of benzene rings is 2. The van der Waals surface area contributed by atoms with Crippen LogP contribution < -0.4 is 5.32 Å². The molecule has 0 fully saturated rings. The highest BCUT2D eigenvalue weighted by Gasteiger charge is 2.19. The molecule has 1 aliphatic rings. The fourth-order valence-electron chi connectivity index (χ4n) is 4.67. The van der Waals surface area contributed by atoms with E-state index in [1.165, 1.54) is 42.8 Å². The predicted octanol–water partition coefficient (Wildman–Crippen LogP) is 6.45. The van der Waals surface area contributed by atoms with Crippen molar-refractivity contribution in [1.82, 2.24) is 30.2 Å². The molecule has 10 heteroatoms. The molecule has 2 aromatic heterocycles. The first-order chi connectivity index (χ1) is 18.1. The number of hydrogen-bond donors (Lipinski definition) is 2. The monoisotopic (exact) mass is 535 g/mol. The number of nitrogens with zero attached hydrogens (tertiary/aromatic N) is 5. The van der Waals surface area contributed by atoms with Crippen molar-refractivity contribution in [2.45, 2.75) is 51.4 Å². The molecule has 37 heavy (non-hydrogen) atoms. The van der Waals surface area contributed by atoms with Gasteiger partial charge in [0, 0.05) is 28.6 Å². The maximum Gasteiger partial charge on any atom is 0.248 e. The van der Waals surface area contributed by atoms with E-state index in [4.69, 9.17) is 28.2 Å². The molecule has 1 amide bonds. The Kier molecular flexibility index (Phi) is 7.96. The number of H-pyrrole nitrogens is 1. The number of imidazole rings is 1. The van der Waals surface area contributed by atoms with Crippen LogP contribution in [-0.2, 0) is 17.6 Å². The Labute approximate surface area is 225 Å². The van der Waals surface area contributed by atoms with E-state index in [0.717, 1.165) is 42.6 Å². The van der Waals surface area contributed by atoms with Crippen molar-refractivity contribution in [2.24, 2.45) is 0 Å². The second-order valence-corrected chi connectivity index (χ2v) is 9.90. The van der Waals surface area contributed by atoms with E-state index in [2.05, 4.69) is 31.9 Å². The molecule has 2 N–H and O–H groups in total. The summed E-state index contributed by atoms with van der Waals surface area (Å²) in [7, 11) is 0. The topological polar surface area (TPSA) is 101 Å². The van der Waals surface area contributed by atoms with Gasteiger partial charge in [-0.1, -0.05) is 61.0 Å². The average Bonchev–Trinajstić information content (AvgIpc) is 3.54. The van der Waals surface area contributed by atoms with Gasteiger partial charge in [0.2, 0.25) is 5.91 Å². The van der Waals surface area contributed by atoms with Crippen molar-refractivity contribution in [3.63, 3.8) is 0 Å². The minimum atomic E-state index is -0.286. The van der Waals surface area contributed by atoms with E-state index in [0.29, 0.717) is 32.8 Å². The number of halogens is 2. The van der Waals surface area contributed by atoms with Gasteiger partial charge in [-0.2, -0.15) is 4.68 Å². The first-order valence-corrected chi connectivity index (χ1v) is 13.2. The molecule has 0 spiro atoms. The zero-order valence-electron chi connectivity index (χ0n) is 20.3. The molecular formula is C27H27Cl2N7O. The van der Waals surface area contributed by atoms with E-state index >= 15 is 0 Å². The summed E-state index contributed by atoms with van der Waals surface area (Å²) in [6, 6.07) is 11.2. The smallest absolute Gasteiger partial charge is 0.248 e. The molecule has 0 aliphatic carbocycles. The Bertz CT molecular complexity index is 1410. The van der Waals surface area contributed by atoms with Gasteiger partial charge in [0.1, 0.15) is 23.0 Å². The number of anilines is 1. The van der Waals surface area contributed by atoms with Gasteiger partial charge in [0.05, 0.1) is 11.4 Å². The molecule has 0 saturated carbocycles. The van der Waals surface area contributed by atoms with Crippen LogP contribution in [0, 0.1) is 0 Å². The molecule has 190 valence electrons. The molecule has 2 aromatic carbocycles. The number of aromatic amines is 1. The summed E-state index contributed by atoms with van der Waals surface area (Å²) in [5.41, 5.74) is 4.75. The Hall–Kier alpha value is -3.49. The van der Waals surface area contributed by atoms with Crippen LogP contribution >= 0.6 is 23.2 Å².